The summed E-state index contributed by atoms with van der Waals surface area (Å²) in [7, 11) is -2.71. The molecule has 0 radical (unpaired) electrons. The number of nitrogens with one attached hydrogen (secondary N) is 1. The normalized spacial score (nSPS) is 11.8. The second-order valence-corrected chi connectivity index (χ2v) is 12.2. The standard InChI is InChI=1S/C28H19Cl2N2OPS/c29-20-16-17-24(25(30)18-20)27(33)32-28(35)26(19-31)34(21-10-4-1-5-11-21,22-12-6-2-7-13-22)23-14-8-3-9-15-23/h1-18H,(H-,32,33,35)/p+1. The van der Waals surface area contributed by atoms with Gasteiger partial charge in [-0.15, -0.1) is 12.6 Å². The molecule has 0 aliphatic rings. The van der Waals surface area contributed by atoms with Gasteiger partial charge in [0.25, 0.3) is 5.91 Å². The third kappa shape index (κ3) is 5.01. The fraction of sp³-hybridized carbons (Fsp3) is 0. The van der Waals surface area contributed by atoms with Crippen LogP contribution in [-0.4, -0.2) is 5.91 Å². The highest BCUT2D eigenvalue weighted by atomic mass is 35.5. The van der Waals surface area contributed by atoms with Crippen LogP contribution in [0.15, 0.2) is 120 Å². The van der Waals surface area contributed by atoms with Crippen LogP contribution in [-0.2, 0) is 0 Å². The molecule has 0 aliphatic carbocycles. The molecule has 0 heterocycles. The van der Waals surface area contributed by atoms with E-state index >= 15 is 0 Å². The Kier molecular flexibility index (Phi) is 7.96. The van der Waals surface area contributed by atoms with Crippen molar-refractivity contribution in [3.63, 3.8) is 0 Å². The van der Waals surface area contributed by atoms with Crippen molar-refractivity contribution < 1.29 is 4.79 Å². The van der Waals surface area contributed by atoms with Crippen molar-refractivity contribution in [1.82, 2.24) is 5.32 Å². The zero-order valence-electron chi connectivity index (χ0n) is 18.4. The average molecular weight is 534 g/mol. The summed E-state index contributed by atoms with van der Waals surface area (Å²) in [6, 6.07) is 36.7. The summed E-state index contributed by atoms with van der Waals surface area (Å²) in [5, 5.41) is 17.5. The maximum absolute atomic E-state index is 13.1. The molecule has 0 unspecified atom stereocenters. The lowest BCUT2D eigenvalue weighted by molar-refractivity contribution is 0.0969. The van der Waals surface area contributed by atoms with E-state index < -0.39 is 13.2 Å². The molecule has 0 aromatic heterocycles. The number of benzene rings is 4. The molecule has 4 rings (SSSR count). The van der Waals surface area contributed by atoms with E-state index in [1.165, 1.54) is 6.07 Å². The van der Waals surface area contributed by atoms with E-state index in [1.54, 1.807) is 12.1 Å². The van der Waals surface area contributed by atoms with Gasteiger partial charge >= 0.3 is 0 Å². The van der Waals surface area contributed by atoms with Crippen LogP contribution in [0.25, 0.3) is 0 Å². The molecular weight excluding hydrogens is 514 g/mol. The molecule has 0 saturated heterocycles. The SMILES string of the molecule is N#CC(=C(S)NC(=O)c1ccc(Cl)cc1Cl)[P+](c1ccccc1)(c1ccccc1)c1ccccc1. The van der Waals surface area contributed by atoms with Crippen LogP contribution < -0.4 is 21.2 Å². The largest absolute Gasteiger partial charge is 0.313 e. The highest BCUT2D eigenvalue weighted by Gasteiger charge is 2.51. The number of carbonyl (C=O) groups is 1. The third-order valence-corrected chi connectivity index (χ3v) is 10.8. The van der Waals surface area contributed by atoms with Crippen LogP contribution >= 0.6 is 43.1 Å². The van der Waals surface area contributed by atoms with E-state index in [2.05, 4.69) is 24.0 Å². The zero-order valence-corrected chi connectivity index (χ0v) is 21.7. The van der Waals surface area contributed by atoms with E-state index in [-0.39, 0.29) is 15.6 Å². The Bertz CT molecular complexity index is 1330. The number of halogens is 2. The second kappa shape index (κ2) is 11.1. The van der Waals surface area contributed by atoms with Crippen molar-refractivity contribution in [1.29, 1.82) is 5.26 Å². The van der Waals surface area contributed by atoms with Gasteiger partial charge in [-0.05, 0) is 54.6 Å². The molecule has 172 valence electrons. The molecule has 7 heteroatoms. The van der Waals surface area contributed by atoms with Crippen molar-refractivity contribution in [2.24, 2.45) is 0 Å². The van der Waals surface area contributed by atoms with Gasteiger partial charge in [-0.25, -0.2) is 0 Å². The molecule has 35 heavy (non-hydrogen) atoms. The molecule has 1 N–H and O–H groups in total. The van der Waals surface area contributed by atoms with Gasteiger partial charge in [0.1, 0.15) is 27.0 Å². The average Bonchev–Trinajstić information content (AvgIpc) is 2.88. The van der Waals surface area contributed by atoms with E-state index in [9.17, 15) is 10.1 Å². The number of nitrogens with zero attached hydrogens (tertiary/aromatic N) is 1. The summed E-state index contributed by atoms with van der Waals surface area (Å²) in [6.45, 7) is 0. The van der Waals surface area contributed by atoms with Gasteiger partial charge < -0.3 is 5.32 Å². The van der Waals surface area contributed by atoms with Gasteiger partial charge in [-0.2, -0.15) is 5.26 Å². The summed E-state index contributed by atoms with van der Waals surface area (Å²) in [5.74, 6) is -0.475. The van der Waals surface area contributed by atoms with Gasteiger partial charge in [0.2, 0.25) is 5.31 Å². The minimum Gasteiger partial charge on any atom is -0.313 e. The summed E-state index contributed by atoms with van der Waals surface area (Å²) in [4.78, 5) is 13.1. The third-order valence-electron chi connectivity index (χ3n) is 5.50. The minimum atomic E-state index is -2.71. The first kappa shape index (κ1) is 25.0. The predicted molar refractivity (Wildman–Crippen MR) is 151 cm³/mol. The van der Waals surface area contributed by atoms with Crippen LogP contribution in [0, 0.1) is 11.3 Å². The van der Waals surface area contributed by atoms with Crippen molar-refractivity contribution in [3.05, 3.63) is 135 Å². The predicted octanol–water partition coefficient (Wildman–Crippen LogP) is 6.34. The Balaban J connectivity index is 1.98. The summed E-state index contributed by atoms with van der Waals surface area (Å²) < 4.78 is 0. The van der Waals surface area contributed by atoms with E-state index in [0.717, 1.165) is 15.9 Å². The van der Waals surface area contributed by atoms with Crippen molar-refractivity contribution >= 4 is 64.9 Å². The van der Waals surface area contributed by atoms with Crippen LogP contribution in [0.4, 0.5) is 0 Å². The van der Waals surface area contributed by atoms with Crippen LogP contribution in [0.1, 0.15) is 10.4 Å². The van der Waals surface area contributed by atoms with Gasteiger partial charge in [-0.1, -0.05) is 77.8 Å². The maximum Gasteiger partial charge on any atom is 0.257 e. The number of amides is 1. The Morgan fingerprint density at radius 3 is 1.63 bits per heavy atom. The first-order valence-corrected chi connectivity index (χ1v) is 13.6. The molecular formula is C28H20Cl2N2OPS+. The number of nitriles is 1. The van der Waals surface area contributed by atoms with Crippen molar-refractivity contribution in [2.45, 2.75) is 0 Å². The first-order chi connectivity index (χ1) is 17.0. The highest BCUT2D eigenvalue weighted by molar-refractivity contribution is 8.00. The highest BCUT2D eigenvalue weighted by Crippen LogP contribution is 2.63. The Hall–Kier alpha value is -3.06. The summed E-state index contributed by atoms with van der Waals surface area (Å²) in [5.41, 5.74) is 0.239. The topological polar surface area (TPSA) is 52.9 Å². The lowest BCUT2D eigenvalue weighted by Gasteiger charge is -2.27. The number of carbonyl (C=O) groups excluding carboxylic acids is 1. The van der Waals surface area contributed by atoms with Gasteiger partial charge in [0, 0.05) is 5.02 Å². The number of rotatable bonds is 6. The fourth-order valence-electron chi connectivity index (χ4n) is 3.98. The first-order valence-electron chi connectivity index (χ1n) is 10.6. The van der Waals surface area contributed by atoms with Crippen LogP contribution in [0.5, 0.6) is 0 Å². The van der Waals surface area contributed by atoms with E-state index in [4.69, 9.17) is 23.2 Å². The molecule has 1 amide bonds. The minimum absolute atomic E-state index is 0.174. The molecule has 4 aromatic rings. The molecule has 0 aliphatic heterocycles. The number of thiol groups is 1. The van der Waals surface area contributed by atoms with Gasteiger partial charge in [-0.3, -0.25) is 4.79 Å². The molecule has 0 atom stereocenters. The fourth-order valence-corrected chi connectivity index (χ4v) is 9.13. The molecule has 0 saturated carbocycles. The molecule has 0 spiro atoms. The van der Waals surface area contributed by atoms with Gasteiger partial charge in [0.05, 0.1) is 10.6 Å². The van der Waals surface area contributed by atoms with Crippen molar-refractivity contribution in [3.8, 4) is 6.07 Å². The van der Waals surface area contributed by atoms with Gasteiger partial charge in [0.15, 0.2) is 7.26 Å². The Morgan fingerprint density at radius 2 is 1.23 bits per heavy atom. The molecule has 4 aromatic carbocycles. The van der Waals surface area contributed by atoms with E-state index in [1.807, 2.05) is 91.0 Å². The zero-order chi connectivity index (χ0) is 24.8. The molecule has 0 bridgehead atoms. The monoisotopic (exact) mass is 533 g/mol. The second-order valence-electron chi connectivity index (χ2n) is 7.56. The summed E-state index contributed by atoms with van der Waals surface area (Å²) >= 11 is 16.9. The maximum atomic E-state index is 13.1. The molecule has 0 fully saturated rings. The van der Waals surface area contributed by atoms with E-state index in [0.29, 0.717) is 10.3 Å². The summed E-state index contributed by atoms with van der Waals surface area (Å²) in [6.07, 6.45) is 0. The number of hydrogen-bond donors (Lipinski definition) is 2. The Labute approximate surface area is 220 Å². The Morgan fingerprint density at radius 1 is 0.771 bits per heavy atom. The lowest BCUT2D eigenvalue weighted by Crippen LogP contribution is -2.34. The van der Waals surface area contributed by atoms with Crippen LogP contribution in [0.3, 0.4) is 0 Å². The lowest BCUT2D eigenvalue weighted by atomic mass is 10.2. The quantitative estimate of drug-likeness (QED) is 0.172. The van der Waals surface area contributed by atoms with Crippen molar-refractivity contribution in [2.75, 3.05) is 0 Å². The number of allylic oxidation sites excluding steroid dienone is 1. The molecule has 3 nitrogen and oxygen atoms in total. The van der Waals surface area contributed by atoms with Crippen LogP contribution in [0.2, 0.25) is 10.0 Å². The smallest absolute Gasteiger partial charge is 0.257 e. The number of hydrogen-bond acceptors (Lipinski definition) is 3.